The molecule has 0 fully saturated rings. The Morgan fingerprint density at radius 3 is 2.75 bits per heavy atom. The van der Waals surface area contributed by atoms with E-state index in [1.165, 1.54) is 18.2 Å². The van der Waals surface area contributed by atoms with E-state index < -0.39 is 28.8 Å². The first-order valence-corrected chi connectivity index (χ1v) is 10.0. The molecule has 1 aliphatic heterocycles. The smallest absolute Gasteiger partial charge is 0.387 e. The predicted molar refractivity (Wildman–Crippen MR) is 96.9 cm³/mol. The number of halogens is 3. The van der Waals surface area contributed by atoms with Gasteiger partial charge in [-0.3, -0.25) is 0 Å². The van der Waals surface area contributed by atoms with Crippen molar-refractivity contribution in [1.82, 2.24) is 9.55 Å². The van der Waals surface area contributed by atoms with Gasteiger partial charge in [0.05, 0.1) is 22.0 Å². The topological polar surface area (TPSA) is 107 Å². The molecule has 0 amide bonds. The van der Waals surface area contributed by atoms with Crippen molar-refractivity contribution in [2.75, 3.05) is 0 Å². The first-order chi connectivity index (χ1) is 13.2. The van der Waals surface area contributed by atoms with Gasteiger partial charge in [-0.1, -0.05) is 17.7 Å². The van der Waals surface area contributed by atoms with E-state index in [1.807, 2.05) is 0 Å². The highest BCUT2D eigenvalue weighted by Gasteiger charge is 2.38. The zero-order valence-corrected chi connectivity index (χ0v) is 15.7. The standard InChI is InChI=1S/C17H14ClF2N3O4S/c18-8-4-5-9-10(6-8)23-11(7-12(24)16(23)22-9)15-13(27-17(19)20)2-1-3-14(15)28(21,25)26/h1-6,11-12,17,24H,7H2,(H2,21,25,26)/t11-,12+/m1/s1. The van der Waals surface area contributed by atoms with E-state index in [0.717, 1.165) is 0 Å². The zero-order valence-electron chi connectivity index (χ0n) is 14.1. The van der Waals surface area contributed by atoms with Crippen molar-refractivity contribution >= 4 is 32.7 Å². The van der Waals surface area contributed by atoms with Crippen LogP contribution in [0, 0.1) is 0 Å². The van der Waals surface area contributed by atoms with E-state index in [0.29, 0.717) is 16.1 Å². The molecule has 28 heavy (non-hydrogen) atoms. The van der Waals surface area contributed by atoms with Gasteiger partial charge in [0, 0.05) is 17.0 Å². The van der Waals surface area contributed by atoms with E-state index in [1.54, 1.807) is 22.8 Å². The maximum absolute atomic E-state index is 12.9. The van der Waals surface area contributed by atoms with Crippen LogP contribution in [0.15, 0.2) is 41.3 Å². The van der Waals surface area contributed by atoms with Crippen LogP contribution >= 0.6 is 11.6 Å². The lowest BCUT2D eigenvalue weighted by Crippen LogP contribution is -2.19. The third-order valence-electron chi connectivity index (χ3n) is 4.62. The summed E-state index contributed by atoms with van der Waals surface area (Å²) in [5.74, 6) is -0.0649. The fraction of sp³-hybridized carbons (Fsp3) is 0.235. The number of imidazole rings is 1. The maximum Gasteiger partial charge on any atom is 0.387 e. The van der Waals surface area contributed by atoms with Gasteiger partial charge in [-0.25, -0.2) is 18.5 Å². The number of hydrogen-bond acceptors (Lipinski definition) is 5. The molecule has 2 aromatic carbocycles. The fourth-order valence-electron chi connectivity index (χ4n) is 3.62. The number of fused-ring (bicyclic) bond motifs is 3. The molecular weight excluding hydrogens is 416 g/mol. The zero-order chi connectivity index (χ0) is 20.2. The van der Waals surface area contributed by atoms with Gasteiger partial charge >= 0.3 is 6.61 Å². The first-order valence-electron chi connectivity index (χ1n) is 8.13. The summed E-state index contributed by atoms with van der Waals surface area (Å²) >= 11 is 6.07. The quantitative estimate of drug-likeness (QED) is 0.663. The van der Waals surface area contributed by atoms with E-state index in [4.69, 9.17) is 16.7 Å². The summed E-state index contributed by atoms with van der Waals surface area (Å²) < 4.78 is 56.3. The summed E-state index contributed by atoms with van der Waals surface area (Å²) in [6.07, 6.45) is -1.03. The normalized spacial score (nSPS) is 19.4. The number of aromatic nitrogens is 2. The molecule has 4 rings (SSSR count). The molecule has 0 radical (unpaired) electrons. The Morgan fingerprint density at radius 1 is 1.32 bits per heavy atom. The van der Waals surface area contributed by atoms with Crippen LogP contribution < -0.4 is 9.88 Å². The number of nitrogens with two attached hydrogens (primary N) is 1. The monoisotopic (exact) mass is 429 g/mol. The third kappa shape index (κ3) is 3.12. The summed E-state index contributed by atoms with van der Waals surface area (Å²) in [7, 11) is -4.26. The number of alkyl halides is 2. The average Bonchev–Trinajstić information content (AvgIpc) is 3.11. The van der Waals surface area contributed by atoms with Crippen molar-refractivity contribution in [2.24, 2.45) is 5.14 Å². The van der Waals surface area contributed by atoms with Crippen LogP contribution in [0.3, 0.4) is 0 Å². The molecule has 1 aromatic heterocycles. The van der Waals surface area contributed by atoms with Gasteiger partial charge in [-0.05, 0) is 30.3 Å². The maximum atomic E-state index is 12.9. The molecule has 0 unspecified atom stereocenters. The molecule has 11 heteroatoms. The molecule has 148 valence electrons. The van der Waals surface area contributed by atoms with Crippen molar-refractivity contribution in [3.63, 3.8) is 0 Å². The predicted octanol–water partition coefficient (Wildman–Crippen LogP) is 2.97. The lowest BCUT2D eigenvalue weighted by molar-refractivity contribution is -0.0509. The summed E-state index contributed by atoms with van der Waals surface area (Å²) in [4.78, 5) is 4.00. The van der Waals surface area contributed by atoms with Crippen molar-refractivity contribution in [3.05, 3.63) is 52.8 Å². The van der Waals surface area contributed by atoms with Crippen LogP contribution in [0.5, 0.6) is 5.75 Å². The van der Waals surface area contributed by atoms with Crippen LogP contribution in [0.2, 0.25) is 5.02 Å². The number of nitrogens with zero attached hydrogens (tertiary/aromatic N) is 2. The summed E-state index contributed by atoms with van der Waals surface area (Å²) in [6, 6.07) is 7.72. The lowest BCUT2D eigenvalue weighted by Gasteiger charge is -2.21. The van der Waals surface area contributed by atoms with Gasteiger partial charge < -0.3 is 14.4 Å². The number of aliphatic hydroxyl groups excluding tert-OH is 1. The molecule has 0 aliphatic carbocycles. The highest BCUT2D eigenvalue weighted by Crippen LogP contribution is 2.46. The van der Waals surface area contributed by atoms with E-state index in [2.05, 4.69) is 9.72 Å². The molecule has 3 aromatic rings. The molecule has 1 aliphatic rings. The van der Waals surface area contributed by atoms with Crippen LogP contribution in [0.25, 0.3) is 11.0 Å². The largest absolute Gasteiger partial charge is 0.434 e. The summed E-state index contributed by atoms with van der Waals surface area (Å²) in [5.41, 5.74) is 0.978. The third-order valence-corrected chi connectivity index (χ3v) is 5.82. The minimum Gasteiger partial charge on any atom is -0.434 e. The second-order valence-electron chi connectivity index (χ2n) is 6.33. The number of benzene rings is 2. The lowest BCUT2D eigenvalue weighted by atomic mass is 10.0. The van der Waals surface area contributed by atoms with Gasteiger partial charge in [0.1, 0.15) is 17.7 Å². The Hall–Kier alpha value is -2.27. The van der Waals surface area contributed by atoms with Gasteiger partial charge in [0.25, 0.3) is 0 Å². The molecule has 0 spiro atoms. The minimum absolute atomic E-state index is 0.0108. The Kier molecular flexibility index (Phi) is 4.53. The Balaban J connectivity index is 2.01. The van der Waals surface area contributed by atoms with Crippen LogP contribution in [-0.2, 0) is 10.0 Å². The van der Waals surface area contributed by atoms with E-state index in [9.17, 15) is 22.3 Å². The molecule has 2 heterocycles. The number of rotatable bonds is 4. The van der Waals surface area contributed by atoms with Crippen LogP contribution in [0.1, 0.15) is 30.0 Å². The molecular formula is C17H14ClF2N3O4S. The average molecular weight is 430 g/mol. The van der Waals surface area contributed by atoms with Gasteiger partial charge in [-0.15, -0.1) is 0 Å². The second kappa shape index (κ2) is 6.66. The van der Waals surface area contributed by atoms with Crippen molar-refractivity contribution in [2.45, 2.75) is 30.1 Å². The first kappa shape index (κ1) is 19.1. The van der Waals surface area contributed by atoms with Crippen molar-refractivity contribution in [3.8, 4) is 5.75 Å². The molecule has 0 saturated carbocycles. The number of ether oxygens (including phenoxy) is 1. The van der Waals surface area contributed by atoms with Gasteiger partial charge in [-0.2, -0.15) is 8.78 Å². The number of aliphatic hydroxyl groups is 1. The molecule has 3 N–H and O–H groups in total. The second-order valence-corrected chi connectivity index (χ2v) is 8.30. The fourth-order valence-corrected chi connectivity index (χ4v) is 4.59. The van der Waals surface area contributed by atoms with Crippen molar-refractivity contribution in [1.29, 1.82) is 0 Å². The number of primary sulfonamides is 1. The molecule has 0 saturated heterocycles. The Bertz CT molecular complexity index is 1180. The Labute approximate surface area is 163 Å². The summed E-state index contributed by atoms with van der Waals surface area (Å²) in [5, 5.41) is 16.2. The highest BCUT2D eigenvalue weighted by molar-refractivity contribution is 7.89. The van der Waals surface area contributed by atoms with Crippen LogP contribution in [-0.4, -0.2) is 29.7 Å². The molecule has 7 nitrogen and oxygen atoms in total. The van der Waals surface area contributed by atoms with Gasteiger partial charge in [0.15, 0.2) is 0 Å². The minimum atomic E-state index is -4.26. The highest BCUT2D eigenvalue weighted by atomic mass is 35.5. The number of hydrogen-bond donors (Lipinski definition) is 2. The molecule has 2 atom stereocenters. The van der Waals surface area contributed by atoms with E-state index >= 15 is 0 Å². The van der Waals surface area contributed by atoms with Crippen molar-refractivity contribution < 1.29 is 27.0 Å². The molecule has 0 bridgehead atoms. The number of sulfonamides is 1. The van der Waals surface area contributed by atoms with Crippen LogP contribution in [0.4, 0.5) is 8.78 Å². The summed E-state index contributed by atoms with van der Waals surface area (Å²) in [6.45, 7) is -3.17. The Morgan fingerprint density at radius 2 is 2.07 bits per heavy atom. The SMILES string of the molecule is NS(=O)(=O)c1cccc(OC(F)F)c1[C@H]1C[C@H](O)c2nc3ccc(Cl)cc3n21. The van der Waals surface area contributed by atoms with Gasteiger partial charge in [0.2, 0.25) is 10.0 Å². The van der Waals surface area contributed by atoms with E-state index in [-0.39, 0.29) is 28.5 Å².